The van der Waals surface area contributed by atoms with Crippen molar-refractivity contribution in [3.8, 4) is 21.8 Å². The second-order valence-electron chi connectivity index (χ2n) is 3.87. The molecule has 1 aromatic carbocycles. The SMILES string of the molecule is Nc1noc(-c2cc(Br)ccc2F)c1-c1cccs1. The van der Waals surface area contributed by atoms with Gasteiger partial charge in [-0.05, 0) is 29.6 Å². The molecule has 3 rings (SSSR count). The van der Waals surface area contributed by atoms with Crippen molar-refractivity contribution in [2.75, 3.05) is 5.73 Å². The zero-order valence-corrected chi connectivity index (χ0v) is 12.0. The number of aromatic nitrogens is 1. The molecule has 6 heteroatoms. The first-order valence-electron chi connectivity index (χ1n) is 5.41. The van der Waals surface area contributed by atoms with Crippen molar-refractivity contribution >= 4 is 33.1 Å². The molecule has 0 spiro atoms. The third-order valence-corrected chi connectivity index (χ3v) is 4.04. The van der Waals surface area contributed by atoms with E-state index in [2.05, 4.69) is 21.1 Å². The highest BCUT2D eigenvalue weighted by molar-refractivity contribution is 9.10. The summed E-state index contributed by atoms with van der Waals surface area (Å²) < 4.78 is 19.9. The average Bonchev–Trinajstić information content (AvgIpc) is 3.01. The Morgan fingerprint density at radius 3 is 2.89 bits per heavy atom. The van der Waals surface area contributed by atoms with Crippen LogP contribution >= 0.6 is 27.3 Å². The number of thiophene rings is 1. The molecule has 2 N–H and O–H groups in total. The second-order valence-corrected chi connectivity index (χ2v) is 5.74. The van der Waals surface area contributed by atoms with E-state index in [4.69, 9.17) is 10.3 Å². The lowest BCUT2D eigenvalue weighted by atomic mass is 10.1. The highest BCUT2D eigenvalue weighted by Crippen LogP contribution is 2.40. The van der Waals surface area contributed by atoms with Crippen LogP contribution in [0.25, 0.3) is 21.8 Å². The first kappa shape index (κ1) is 12.4. The maximum atomic E-state index is 13.9. The molecule has 0 atom stereocenters. The molecule has 0 saturated carbocycles. The Morgan fingerprint density at radius 2 is 2.16 bits per heavy atom. The quantitative estimate of drug-likeness (QED) is 0.745. The van der Waals surface area contributed by atoms with Crippen LogP contribution in [0, 0.1) is 5.82 Å². The van der Waals surface area contributed by atoms with E-state index in [1.54, 1.807) is 12.1 Å². The molecule has 19 heavy (non-hydrogen) atoms. The van der Waals surface area contributed by atoms with Gasteiger partial charge in [0, 0.05) is 9.35 Å². The fourth-order valence-electron chi connectivity index (χ4n) is 1.82. The predicted molar refractivity (Wildman–Crippen MR) is 77.3 cm³/mol. The number of hydrogen-bond acceptors (Lipinski definition) is 4. The van der Waals surface area contributed by atoms with Gasteiger partial charge in [-0.15, -0.1) is 11.3 Å². The van der Waals surface area contributed by atoms with Crippen LogP contribution in [0.1, 0.15) is 0 Å². The zero-order chi connectivity index (χ0) is 13.4. The molecular weight excluding hydrogens is 331 g/mol. The first-order valence-corrected chi connectivity index (χ1v) is 7.08. The fraction of sp³-hybridized carbons (Fsp3) is 0. The minimum absolute atomic E-state index is 0.261. The van der Waals surface area contributed by atoms with E-state index in [0.29, 0.717) is 16.9 Å². The van der Waals surface area contributed by atoms with Crippen molar-refractivity contribution in [1.29, 1.82) is 0 Å². The summed E-state index contributed by atoms with van der Waals surface area (Å²) in [6.45, 7) is 0. The Balaban J connectivity index is 2.24. The van der Waals surface area contributed by atoms with Crippen molar-refractivity contribution in [2.45, 2.75) is 0 Å². The van der Waals surface area contributed by atoms with Gasteiger partial charge in [-0.1, -0.05) is 27.2 Å². The number of halogens is 2. The van der Waals surface area contributed by atoms with Crippen LogP contribution in [0.3, 0.4) is 0 Å². The minimum atomic E-state index is -0.378. The van der Waals surface area contributed by atoms with Crippen LogP contribution in [0.5, 0.6) is 0 Å². The normalized spacial score (nSPS) is 10.8. The molecule has 0 radical (unpaired) electrons. The maximum absolute atomic E-state index is 13.9. The monoisotopic (exact) mass is 338 g/mol. The number of benzene rings is 1. The second kappa shape index (κ2) is 4.79. The molecule has 0 unspecified atom stereocenters. The highest BCUT2D eigenvalue weighted by atomic mass is 79.9. The number of hydrogen-bond donors (Lipinski definition) is 1. The van der Waals surface area contributed by atoms with Crippen molar-refractivity contribution in [1.82, 2.24) is 5.16 Å². The third-order valence-electron chi connectivity index (χ3n) is 2.66. The van der Waals surface area contributed by atoms with E-state index < -0.39 is 0 Å². The molecule has 2 heterocycles. The summed E-state index contributed by atoms with van der Waals surface area (Å²) in [6, 6.07) is 8.44. The standard InChI is InChI=1S/C13H8BrFN2OS/c14-7-3-4-9(15)8(6-7)12-11(13(16)17-18-12)10-2-1-5-19-10/h1-6H,(H2,16,17). The molecule has 0 bridgehead atoms. The fourth-order valence-corrected chi connectivity index (χ4v) is 2.95. The predicted octanol–water partition coefficient (Wildman–Crippen LogP) is 4.55. The molecule has 0 aliphatic heterocycles. The van der Waals surface area contributed by atoms with Gasteiger partial charge in [0.2, 0.25) is 0 Å². The summed E-state index contributed by atoms with van der Waals surface area (Å²) in [5.74, 6) is 0.229. The van der Waals surface area contributed by atoms with Crippen LogP contribution in [-0.4, -0.2) is 5.16 Å². The largest absolute Gasteiger partial charge is 0.380 e. The molecule has 0 fully saturated rings. The Bertz CT molecular complexity index is 724. The van der Waals surface area contributed by atoms with Crippen molar-refractivity contribution < 1.29 is 8.91 Å². The van der Waals surface area contributed by atoms with Crippen LogP contribution in [0.4, 0.5) is 10.2 Å². The van der Waals surface area contributed by atoms with Gasteiger partial charge in [-0.25, -0.2) is 4.39 Å². The lowest BCUT2D eigenvalue weighted by Crippen LogP contribution is -1.88. The molecule has 0 amide bonds. The molecule has 0 saturated heterocycles. The molecule has 0 aliphatic carbocycles. The van der Waals surface area contributed by atoms with Gasteiger partial charge in [0.1, 0.15) is 5.82 Å². The van der Waals surface area contributed by atoms with Crippen molar-refractivity contribution in [3.63, 3.8) is 0 Å². The van der Waals surface area contributed by atoms with Crippen LogP contribution < -0.4 is 5.73 Å². The lowest BCUT2D eigenvalue weighted by Gasteiger charge is -2.02. The van der Waals surface area contributed by atoms with Crippen LogP contribution in [0.2, 0.25) is 0 Å². The first-order chi connectivity index (χ1) is 9.16. The maximum Gasteiger partial charge on any atom is 0.180 e. The lowest BCUT2D eigenvalue weighted by molar-refractivity contribution is 0.433. The smallest absolute Gasteiger partial charge is 0.180 e. The van der Waals surface area contributed by atoms with Crippen LogP contribution in [0.15, 0.2) is 44.7 Å². The van der Waals surface area contributed by atoms with Gasteiger partial charge in [0.15, 0.2) is 11.6 Å². The summed E-state index contributed by atoms with van der Waals surface area (Å²) >= 11 is 4.82. The van der Waals surface area contributed by atoms with E-state index in [1.807, 2.05) is 17.5 Å². The summed E-state index contributed by atoms with van der Waals surface area (Å²) in [5.41, 5.74) is 6.79. The third kappa shape index (κ3) is 2.17. The molecule has 3 aromatic rings. The topological polar surface area (TPSA) is 52.0 Å². The highest BCUT2D eigenvalue weighted by Gasteiger charge is 2.21. The van der Waals surface area contributed by atoms with Gasteiger partial charge in [-0.3, -0.25) is 0 Å². The van der Waals surface area contributed by atoms with Crippen molar-refractivity contribution in [2.24, 2.45) is 0 Å². The van der Waals surface area contributed by atoms with Crippen LogP contribution in [-0.2, 0) is 0 Å². The summed E-state index contributed by atoms with van der Waals surface area (Å²) in [7, 11) is 0. The Morgan fingerprint density at radius 1 is 1.32 bits per heavy atom. The Kier molecular flexibility index (Phi) is 3.12. The van der Waals surface area contributed by atoms with Gasteiger partial charge in [0.25, 0.3) is 0 Å². The van der Waals surface area contributed by atoms with Gasteiger partial charge in [-0.2, -0.15) is 0 Å². The van der Waals surface area contributed by atoms with Gasteiger partial charge >= 0.3 is 0 Å². The molecule has 3 nitrogen and oxygen atoms in total. The van der Waals surface area contributed by atoms with E-state index in [1.165, 1.54) is 17.4 Å². The Labute approximate surface area is 121 Å². The molecule has 96 valence electrons. The van der Waals surface area contributed by atoms with E-state index in [9.17, 15) is 4.39 Å². The minimum Gasteiger partial charge on any atom is -0.380 e. The van der Waals surface area contributed by atoms with E-state index in [0.717, 1.165) is 9.35 Å². The number of rotatable bonds is 2. The number of anilines is 1. The van der Waals surface area contributed by atoms with Gasteiger partial charge < -0.3 is 10.3 Å². The molecule has 2 aromatic heterocycles. The molecular formula is C13H8BrFN2OS. The number of nitrogens with zero attached hydrogens (tertiary/aromatic N) is 1. The summed E-state index contributed by atoms with van der Waals surface area (Å²) in [4.78, 5) is 0.896. The average molecular weight is 339 g/mol. The van der Waals surface area contributed by atoms with E-state index in [-0.39, 0.29) is 11.6 Å². The zero-order valence-electron chi connectivity index (χ0n) is 9.56. The van der Waals surface area contributed by atoms with Crippen molar-refractivity contribution in [3.05, 3.63) is 46.0 Å². The summed E-state index contributed by atoms with van der Waals surface area (Å²) in [5, 5.41) is 5.67. The summed E-state index contributed by atoms with van der Waals surface area (Å²) in [6.07, 6.45) is 0. The van der Waals surface area contributed by atoms with E-state index >= 15 is 0 Å². The number of nitrogen functional groups attached to an aromatic ring is 1. The van der Waals surface area contributed by atoms with Gasteiger partial charge in [0.05, 0.1) is 11.1 Å². The number of nitrogens with two attached hydrogens (primary N) is 1. The molecule has 0 aliphatic rings. The Hall–Kier alpha value is -1.66.